The van der Waals surface area contributed by atoms with Crippen LogP contribution in [0.4, 0.5) is 0 Å². The van der Waals surface area contributed by atoms with Crippen LogP contribution in [0.15, 0.2) is 42.5 Å². The third-order valence-corrected chi connectivity index (χ3v) is 4.79. The highest BCUT2D eigenvalue weighted by molar-refractivity contribution is 6.32. The molecule has 0 atom stereocenters. The second kappa shape index (κ2) is 5.40. The van der Waals surface area contributed by atoms with Crippen LogP contribution in [-0.2, 0) is 11.8 Å². The Kier molecular flexibility index (Phi) is 3.76. The molecular formula is C17H17Cl2N. The Morgan fingerprint density at radius 3 is 2.40 bits per heavy atom. The third kappa shape index (κ3) is 2.46. The molecule has 1 heterocycles. The van der Waals surface area contributed by atoms with Crippen LogP contribution >= 0.6 is 23.2 Å². The number of rotatable bonds is 3. The Hall–Kier alpha value is -1.02. The summed E-state index contributed by atoms with van der Waals surface area (Å²) < 4.78 is 0. The second-order valence-corrected chi connectivity index (χ2v) is 6.45. The van der Waals surface area contributed by atoms with Gasteiger partial charge >= 0.3 is 0 Å². The molecule has 1 aliphatic rings. The maximum Gasteiger partial charge on any atom is 0.0444 e. The van der Waals surface area contributed by atoms with Crippen LogP contribution in [0.2, 0.25) is 10.0 Å². The van der Waals surface area contributed by atoms with Gasteiger partial charge in [-0.25, -0.2) is 0 Å². The highest BCUT2D eigenvalue weighted by atomic mass is 35.5. The summed E-state index contributed by atoms with van der Waals surface area (Å²) >= 11 is 12.8. The van der Waals surface area contributed by atoms with Gasteiger partial charge in [0.1, 0.15) is 0 Å². The highest BCUT2D eigenvalue weighted by Gasteiger charge is 2.40. The number of benzene rings is 2. The molecule has 0 aromatic heterocycles. The largest absolute Gasteiger partial charge is 0.315 e. The van der Waals surface area contributed by atoms with E-state index in [1.807, 2.05) is 18.2 Å². The molecule has 0 saturated carbocycles. The van der Waals surface area contributed by atoms with Crippen LogP contribution in [-0.4, -0.2) is 13.1 Å². The summed E-state index contributed by atoms with van der Waals surface area (Å²) in [5.74, 6) is 0. The number of hydrogen-bond donors (Lipinski definition) is 1. The first-order chi connectivity index (χ1) is 9.61. The highest BCUT2D eigenvalue weighted by Crippen LogP contribution is 2.38. The zero-order valence-electron chi connectivity index (χ0n) is 11.4. The molecule has 0 bridgehead atoms. The van der Waals surface area contributed by atoms with Gasteiger partial charge in [0.2, 0.25) is 0 Å². The average molecular weight is 306 g/mol. The normalized spacial score (nSPS) is 16.8. The van der Waals surface area contributed by atoms with Crippen LogP contribution in [0.1, 0.15) is 16.7 Å². The molecule has 3 rings (SSSR count). The van der Waals surface area contributed by atoms with E-state index in [9.17, 15) is 0 Å². The summed E-state index contributed by atoms with van der Waals surface area (Å²) in [5, 5.41) is 5.07. The Bertz CT molecular complexity index is 633. The van der Waals surface area contributed by atoms with Crippen LogP contribution in [0.25, 0.3) is 0 Å². The van der Waals surface area contributed by atoms with E-state index in [2.05, 4.69) is 36.5 Å². The molecule has 0 amide bonds. The fourth-order valence-corrected chi connectivity index (χ4v) is 3.53. The lowest BCUT2D eigenvalue weighted by Crippen LogP contribution is -2.58. The molecule has 20 heavy (non-hydrogen) atoms. The summed E-state index contributed by atoms with van der Waals surface area (Å²) in [6.07, 6.45) is 0.919. The quantitative estimate of drug-likeness (QED) is 0.887. The van der Waals surface area contributed by atoms with Crippen molar-refractivity contribution in [2.75, 3.05) is 13.1 Å². The molecule has 1 N–H and O–H groups in total. The number of halogens is 2. The first-order valence-corrected chi connectivity index (χ1v) is 7.57. The zero-order chi connectivity index (χ0) is 14.2. The van der Waals surface area contributed by atoms with Crippen molar-refractivity contribution in [3.8, 4) is 0 Å². The van der Waals surface area contributed by atoms with Crippen LogP contribution in [0.5, 0.6) is 0 Å². The number of aryl methyl sites for hydroxylation is 1. The summed E-state index contributed by atoms with van der Waals surface area (Å²) in [4.78, 5) is 0. The lowest BCUT2D eigenvalue weighted by molar-refractivity contribution is 0.275. The lowest BCUT2D eigenvalue weighted by atomic mass is 9.71. The van der Waals surface area contributed by atoms with E-state index in [0.29, 0.717) is 0 Å². The Labute approximate surface area is 129 Å². The summed E-state index contributed by atoms with van der Waals surface area (Å²) in [7, 11) is 0. The van der Waals surface area contributed by atoms with E-state index in [0.717, 1.165) is 29.6 Å². The first kappa shape index (κ1) is 13.9. The van der Waals surface area contributed by atoms with Crippen LogP contribution < -0.4 is 5.32 Å². The van der Waals surface area contributed by atoms with Crippen molar-refractivity contribution in [1.29, 1.82) is 0 Å². The minimum Gasteiger partial charge on any atom is -0.315 e. The number of hydrogen-bond acceptors (Lipinski definition) is 1. The van der Waals surface area contributed by atoms with Gasteiger partial charge in [0.25, 0.3) is 0 Å². The van der Waals surface area contributed by atoms with Crippen molar-refractivity contribution in [3.63, 3.8) is 0 Å². The van der Waals surface area contributed by atoms with Gasteiger partial charge in [-0.05, 0) is 42.2 Å². The van der Waals surface area contributed by atoms with Crippen molar-refractivity contribution >= 4 is 23.2 Å². The fraction of sp³-hybridized carbons (Fsp3) is 0.294. The van der Waals surface area contributed by atoms with Crippen molar-refractivity contribution in [1.82, 2.24) is 5.32 Å². The average Bonchev–Trinajstić information content (AvgIpc) is 2.37. The molecule has 2 aromatic carbocycles. The van der Waals surface area contributed by atoms with Gasteiger partial charge in [0, 0.05) is 28.5 Å². The minimum atomic E-state index is 0.0667. The molecule has 0 aliphatic carbocycles. The van der Waals surface area contributed by atoms with Gasteiger partial charge in [-0.1, -0.05) is 53.5 Å². The van der Waals surface area contributed by atoms with Gasteiger partial charge in [-0.2, -0.15) is 0 Å². The molecule has 0 spiro atoms. The maximum absolute atomic E-state index is 6.39. The van der Waals surface area contributed by atoms with Crippen LogP contribution in [0, 0.1) is 6.92 Å². The SMILES string of the molecule is Cc1ccc(CC2(c3ccccc3Cl)CNC2)c(Cl)c1. The predicted molar refractivity (Wildman–Crippen MR) is 85.9 cm³/mol. The van der Waals surface area contributed by atoms with Crippen molar-refractivity contribution in [3.05, 3.63) is 69.2 Å². The zero-order valence-corrected chi connectivity index (χ0v) is 12.9. The monoisotopic (exact) mass is 305 g/mol. The topological polar surface area (TPSA) is 12.0 Å². The van der Waals surface area contributed by atoms with Gasteiger partial charge in [-0.15, -0.1) is 0 Å². The van der Waals surface area contributed by atoms with Crippen LogP contribution in [0.3, 0.4) is 0 Å². The smallest absolute Gasteiger partial charge is 0.0444 e. The van der Waals surface area contributed by atoms with E-state index >= 15 is 0 Å². The van der Waals surface area contributed by atoms with Crippen molar-refractivity contribution in [2.24, 2.45) is 0 Å². The number of nitrogens with one attached hydrogen (secondary N) is 1. The Morgan fingerprint density at radius 2 is 1.80 bits per heavy atom. The summed E-state index contributed by atoms with van der Waals surface area (Å²) in [5.41, 5.74) is 3.67. The van der Waals surface area contributed by atoms with Gasteiger partial charge in [0.15, 0.2) is 0 Å². The molecule has 2 aromatic rings. The predicted octanol–water partition coefficient (Wildman–Crippen LogP) is 4.39. The maximum atomic E-state index is 6.39. The minimum absolute atomic E-state index is 0.0667. The molecule has 1 saturated heterocycles. The summed E-state index contributed by atoms with van der Waals surface area (Å²) in [6, 6.07) is 14.4. The lowest BCUT2D eigenvalue weighted by Gasteiger charge is -2.44. The standard InChI is InChI=1S/C17H17Cl2N/c1-12-6-7-13(16(19)8-12)9-17(10-20-11-17)14-4-2-3-5-15(14)18/h2-8,20H,9-11H2,1H3. The van der Waals surface area contributed by atoms with Crippen molar-refractivity contribution < 1.29 is 0 Å². The Morgan fingerprint density at radius 1 is 1.05 bits per heavy atom. The molecule has 1 fully saturated rings. The van der Waals surface area contributed by atoms with Gasteiger partial charge < -0.3 is 5.32 Å². The fourth-order valence-electron chi connectivity index (χ4n) is 2.89. The Balaban J connectivity index is 1.96. The second-order valence-electron chi connectivity index (χ2n) is 5.64. The molecule has 104 valence electrons. The molecule has 0 unspecified atom stereocenters. The molecule has 1 aliphatic heterocycles. The van der Waals surface area contributed by atoms with E-state index in [1.54, 1.807) is 0 Å². The van der Waals surface area contributed by atoms with Gasteiger partial charge in [-0.3, -0.25) is 0 Å². The molecule has 0 radical (unpaired) electrons. The van der Waals surface area contributed by atoms with Crippen molar-refractivity contribution in [2.45, 2.75) is 18.8 Å². The third-order valence-electron chi connectivity index (χ3n) is 4.11. The van der Waals surface area contributed by atoms with E-state index in [-0.39, 0.29) is 5.41 Å². The van der Waals surface area contributed by atoms with E-state index in [4.69, 9.17) is 23.2 Å². The molecular weight excluding hydrogens is 289 g/mol. The van der Waals surface area contributed by atoms with E-state index < -0.39 is 0 Å². The van der Waals surface area contributed by atoms with Gasteiger partial charge in [0.05, 0.1) is 0 Å². The molecule has 3 heteroatoms. The molecule has 1 nitrogen and oxygen atoms in total. The van der Waals surface area contributed by atoms with E-state index in [1.165, 1.54) is 16.7 Å². The first-order valence-electron chi connectivity index (χ1n) is 6.81. The summed E-state index contributed by atoms with van der Waals surface area (Å²) in [6.45, 7) is 3.95.